The molecule has 0 saturated carbocycles. The highest BCUT2D eigenvalue weighted by molar-refractivity contribution is 6.03. The highest BCUT2D eigenvalue weighted by atomic mass is 15.1. The molecular weight excluding hydrogens is 406 g/mol. The molecule has 5 aromatic rings. The monoisotopic (exact) mass is 429 g/mol. The van der Waals surface area contributed by atoms with Gasteiger partial charge >= 0.3 is 0 Å². The first-order valence-electron chi connectivity index (χ1n) is 11.4. The smallest absolute Gasteiger partial charge is 0.108 e. The van der Waals surface area contributed by atoms with Crippen LogP contribution in [0.25, 0.3) is 27.6 Å². The van der Waals surface area contributed by atoms with Gasteiger partial charge in [-0.2, -0.15) is 0 Å². The van der Waals surface area contributed by atoms with Crippen molar-refractivity contribution >= 4 is 27.6 Å². The van der Waals surface area contributed by atoms with Gasteiger partial charge in [0.1, 0.15) is 11.8 Å². The van der Waals surface area contributed by atoms with E-state index in [1.807, 2.05) is 36.8 Å². The maximum absolute atomic E-state index is 4.63. The van der Waals surface area contributed by atoms with Crippen LogP contribution in [0.5, 0.6) is 0 Å². The lowest BCUT2D eigenvalue weighted by Gasteiger charge is -2.28. The highest BCUT2D eigenvalue weighted by Gasteiger charge is 2.13. The fourth-order valence-corrected chi connectivity index (χ4v) is 4.52. The van der Waals surface area contributed by atoms with E-state index in [9.17, 15) is 0 Å². The first kappa shape index (κ1) is 19.5. The van der Waals surface area contributed by atoms with Crippen LogP contribution in [0.1, 0.15) is 30.4 Å². The van der Waals surface area contributed by atoms with Crippen molar-refractivity contribution in [3.8, 4) is 17.5 Å². The standard InChI is InChI=1S/C28H23N5/c1-2-15-32(16-3-1)23-9-11-24(12-10-23)33-20-31-27-19-30-26-13-8-21(17-25(26)28(27)33)6-7-22-5-4-14-29-18-22/h4-5,8-14,17-20H,1-3,15-16H2. The van der Waals surface area contributed by atoms with Gasteiger partial charge < -0.3 is 4.90 Å². The highest BCUT2D eigenvalue weighted by Crippen LogP contribution is 2.28. The Morgan fingerprint density at radius 2 is 1.55 bits per heavy atom. The number of rotatable bonds is 2. The lowest BCUT2D eigenvalue weighted by atomic mass is 10.1. The summed E-state index contributed by atoms with van der Waals surface area (Å²) in [5.74, 6) is 6.45. The Hall–Kier alpha value is -4.17. The molecule has 3 aromatic heterocycles. The summed E-state index contributed by atoms with van der Waals surface area (Å²) in [7, 11) is 0. The lowest BCUT2D eigenvalue weighted by Crippen LogP contribution is -2.29. The van der Waals surface area contributed by atoms with Crippen molar-refractivity contribution in [3.05, 3.63) is 90.6 Å². The normalized spacial score (nSPS) is 13.8. The van der Waals surface area contributed by atoms with E-state index in [4.69, 9.17) is 0 Å². The van der Waals surface area contributed by atoms with E-state index in [0.29, 0.717) is 0 Å². The van der Waals surface area contributed by atoms with Gasteiger partial charge in [0.2, 0.25) is 0 Å². The molecule has 1 saturated heterocycles. The second-order valence-electron chi connectivity index (χ2n) is 8.39. The summed E-state index contributed by atoms with van der Waals surface area (Å²) in [4.78, 5) is 15.8. The van der Waals surface area contributed by atoms with Gasteiger partial charge in [-0.25, -0.2) is 4.98 Å². The summed E-state index contributed by atoms with van der Waals surface area (Å²) in [6.07, 6.45) is 11.1. The summed E-state index contributed by atoms with van der Waals surface area (Å²) in [5, 5.41) is 1.04. The van der Waals surface area contributed by atoms with Crippen molar-refractivity contribution in [2.75, 3.05) is 18.0 Å². The quantitative estimate of drug-likeness (QED) is 0.355. The first-order chi connectivity index (χ1) is 16.3. The molecule has 0 amide bonds. The first-order valence-corrected chi connectivity index (χ1v) is 11.4. The molecule has 0 atom stereocenters. The summed E-state index contributed by atoms with van der Waals surface area (Å²) in [6.45, 7) is 2.29. The van der Waals surface area contributed by atoms with Crippen LogP contribution < -0.4 is 4.90 Å². The summed E-state index contributed by atoms with van der Waals surface area (Å²) in [5.41, 5.74) is 7.08. The average Bonchev–Trinajstić information content (AvgIpc) is 3.33. The Kier molecular flexibility index (Phi) is 4.97. The van der Waals surface area contributed by atoms with Gasteiger partial charge in [0, 0.05) is 53.4 Å². The zero-order valence-corrected chi connectivity index (χ0v) is 18.3. The molecule has 33 heavy (non-hydrogen) atoms. The number of aromatic nitrogens is 4. The second kappa shape index (κ2) is 8.40. The maximum Gasteiger partial charge on any atom is 0.108 e. The molecule has 0 bridgehead atoms. The van der Waals surface area contributed by atoms with Gasteiger partial charge in [-0.15, -0.1) is 0 Å². The Morgan fingerprint density at radius 3 is 2.36 bits per heavy atom. The number of benzene rings is 2. The summed E-state index contributed by atoms with van der Waals surface area (Å²) in [6, 6.07) is 18.8. The number of imidazole rings is 1. The Bertz CT molecular complexity index is 1480. The molecule has 160 valence electrons. The fourth-order valence-electron chi connectivity index (χ4n) is 4.52. The van der Waals surface area contributed by atoms with Gasteiger partial charge in [0.15, 0.2) is 0 Å². The minimum atomic E-state index is 0.875. The number of hydrogen-bond acceptors (Lipinski definition) is 4. The largest absolute Gasteiger partial charge is 0.372 e. The van der Waals surface area contributed by atoms with E-state index >= 15 is 0 Å². The van der Waals surface area contributed by atoms with Gasteiger partial charge in [0.05, 0.1) is 17.2 Å². The van der Waals surface area contributed by atoms with Gasteiger partial charge in [-0.1, -0.05) is 11.8 Å². The Morgan fingerprint density at radius 1 is 0.727 bits per heavy atom. The van der Waals surface area contributed by atoms with Crippen molar-refractivity contribution in [3.63, 3.8) is 0 Å². The zero-order valence-electron chi connectivity index (χ0n) is 18.3. The molecule has 0 unspecified atom stereocenters. The lowest BCUT2D eigenvalue weighted by molar-refractivity contribution is 0.578. The number of nitrogens with zero attached hydrogens (tertiary/aromatic N) is 5. The van der Waals surface area contributed by atoms with Gasteiger partial charge in [-0.05, 0) is 73.9 Å². The maximum atomic E-state index is 4.63. The van der Waals surface area contributed by atoms with E-state index in [0.717, 1.165) is 51.8 Å². The molecule has 5 heteroatoms. The van der Waals surface area contributed by atoms with Crippen LogP contribution in [0, 0.1) is 11.8 Å². The number of hydrogen-bond donors (Lipinski definition) is 0. The third-order valence-corrected chi connectivity index (χ3v) is 6.24. The van der Waals surface area contributed by atoms with E-state index < -0.39 is 0 Å². The van der Waals surface area contributed by atoms with E-state index in [-0.39, 0.29) is 0 Å². The van der Waals surface area contributed by atoms with Crippen molar-refractivity contribution < 1.29 is 0 Å². The van der Waals surface area contributed by atoms with Crippen LogP contribution in [0.2, 0.25) is 0 Å². The summed E-state index contributed by atoms with van der Waals surface area (Å²) >= 11 is 0. The molecule has 0 radical (unpaired) electrons. The zero-order chi connectivity index (χ0) is 22.0. The molecule has 6 rings (SSSR count). The third-order valence-electron chi connectivity index (χ3n) is 6.24. The van der Waals surface area contributed by atoms with Crippen molar-refractivity contribution in [1.82, 2.24) is 19.5 Å². The van der Waals surface area contributed by atoms with Crippen LogP contribution in [0.15, 0.2) is 79.5 Å². The Labute approximate surface area is 192 Å². The molecule has 1 aliphatic heterocycles. The number of fused-ring (bicyclic) bond motifs is 3. The predicted molar refractivity (Wildman–Crippen MR) is 133 cm³/mol. The Balaban J connectivity index is 1.41. The minimum absolute atomic E-state index is 0.875. The number of pyridine rings is 2. The van der Waals surface area contributed by atoms with Crippen molar-refractivity contribution in [2.24, 2.45) is 0 Å². The molecule has 1 aliphatic rings. The molecule has 5 nitrogen and oxygen atoms in total. The van der Waals surface area contributed by atoms with E-state index in [1.54, 1.807) is 12.4 Å². The number of piperidine rings is 1. The van der Waals surface area contributed by atoms with Crippen LogP contribution in [0.3, 0.4) is 0 Å². The predicted octanol–water partition coefficient (Wildman–Crippen LogP) is 5.36. The number of anilines is 1. The fraction of sp³-hybridized carbons (Fsp3) is 0.179. The van der Waals surface area contributed by atoms with Gasteiger partial charge in [-0.3, -0.25) is 14.5 Å². The minimum Gasteiger partial charge on any atom is -0.372 e. The van der Waals surface area contributed by atoms with E-state index in [2.05, 4.69) is 66.6 Å². The molecular formula is C28H23N5. The molecule has 0 aliphatic carbocycles. The SMILES string of the molecule is C(#Cc1ccc2ncc3ncn(-c4ccc(N5CCCCC5)cc4)c3c2c1)c1cccnc1. The van der Waals surface area contributed by atoms with Crippen LogP contribution in [-0.4, -0.2) is 32.6 Å². The molecule has 2 aromatic carbocycles. The average molecular weight is 430 g/mol. The molecule has 4 heterocycles. The second-order valence-corrected chi connectivity index (χ2v) is 8.39. The molecule has 0 N–H and O–H groups in total. The molecule has 0 spiro atoms. The molecule has 1 fully saturated rings. The van der Waals surface area contributed by atoms with Crippen LogP contribution >= 0.6 is 0 Å². The van der Waals surface area contributed by atoms with Crippen LogP contribution in [0.4, 0.5) is 5.69 Å². The van der Waals surface area contributed by atoms with Crippen molar-refractivity contribution in [1.29, 1.82) is 0 Å². The topological polar surface area (TPSA) is 46.8 Å². The van der Waals surface area contributed by atoms with Gasteiger partial charge in [0.25, 0.3) is 0 Å². The summed E-state index contributed by atoms with van der Waals surface area (Å²) < 4.78 is 2.15. The van der Waals surface area contributed by atoms with E-state index in [1.165, 1.54) is 24.9 Å². The van der Waals surface area contributed by atoms with Crippen LogP contribution in [-0.2, 0) is 0 Å². The third kappa shape index (κ3) is 3.81. The van der Waals surface area contributed by atoms with Crippen molar-refractivity contribution in [2.45, 2.75) is 19.3 Å².